The van der Waals surface area contributed by atoms with Gasteiger partial charge in [0.25, 0.3) is 5.91 Å². The van der Waals surface area contributed by atoms with Gasteiger partial charge in [0.2, 0.25) is 0 Å². The van der Waals surface area contributed by atoms with E-state index in [-0.39, 0.29) is 5.91 Å². The normalized spacial score (nSPS) is 22.0. The van der Waals surface area contributed by atoms with Crippen LogP contribution in [-0.2, 0) is 10.3 Å². The zero-order valence-corrected chi connectivity index (χ0v) is 12.7. The lowest BCUT2D eigenvalue weighted by atomic mass is 9.87. The second kappa shape index (κ2) is 3.95. The van der Waals surface area contributed by atoms with Crippen molar-refractivity contribution in [3.63, 3.8) is 0 Å². The summed E-state index contributed by atoms with van der Waals surface area (Å²) in [6.45, 7) is 1.97. The minimum Gasteiger partial charge on any atom is -0.316 e. The molecule has 0 saturated carbocycles. The molecule has 1 aliphatic carbocycles. The average Bonchev–Trinajstić information content (AvgIpc) is 2.87. The lowest BCUT2D eigenvalue weighted by Crippen LogP contribution is -2.43. The number of urea groups is 1. The maximum Gasteiger partial charge on any atom is 0.322 e. The SMILES string of the molecule is Cc1ccc2c(c1)C1(NC(=O)NC1=O)c1cc(Br)ccc1-2. The van der Waals surface area contributed by atoms with Gasteiger partial charge in [0.15, 0.2) is 5.54 Å². The molecule has 4 nitrogen and oxygen atoms in total. The quantitative estimate of drug-likeness (QED) is 0.723. The Morgan fingerprint density at radius 2 is 1.67 bits per heavy atom. The predicted octanol–water partition coefficient (Wildman–Crippen LogP) is 2.82. The van der Waals surface area contributed by atoms with Crippen LogP contribution in [0.1, 0.15) is 16.7 Å². The zero-order chi connectivity index (χ0) is 14.8. The Balaban J connectivity index is 2.12. The maximum absolute atomic E-state index is 12.5. The summed E-state index contributed by atoms with van der Waals surface area (Å²) < 4.78 is 0.874. The van der Waals surface area contributed by atoms with Crippen molar-refractivity contribution in [3.8, 4) is 11.1 Å². The Morgan fingerprint density at radius 3 is 2.33 bits per heavy atom. The molecule has 0 aromatic heterocycles. The van der Waals surface area contributed by atoms with Gasteiger partial charge in [0.05, 0.1) is 0 Å². The lowest BCUT2D eigenvalue weighted by molar-refractivity contribution is -0.122. The van der Waals surface area contributed by atoms with Gasteiger partial charge in [-0.3, -0.25) is 10.1 Å². The molecule has 1 atom stereocenters. The Labute approximate surface area is 129 Å². The van der Waals surface area contributed by atoms with Crippen molar-refractivity contribution < 1.29 is 9.59 Å². The first-order valence-electron chi connectivity index (χ1n) is 6.57. The first kappa shape index (κ1) is 12.6. The van der Waals surface area contributed by atoms with E-state index in [4.69, 9.17) is 0 Å². The molecule has 3 amide bonds. The van der Waals surface area contributed by atoms with E-state index in [0.717, 1.165) is 32.3 Å². The van der Waals surface area contributed by atoms with E-state index in [9.17, 15) is 9.59 Å². The summed E-state index contributed by atoms with van der Waals surface area (Å²) in [5, 5.41) is 5.19. The molecule has 1 aliphatic heterocycles. The summed E-state index contributed by atoms with van der Waals surface area (Å²) in [7, 11) is 0. The van der Waals surface area contributed by atoms with Gasteiger partial charge in [-0.1, -0.05) is 45.8 Å². The molecule has 1 fully saturated rings. The number of rotatable bonds is 0. The first-order chi connectivity index (χ1) is 10.0. The van der Waals surface area contributed by atoms with Gasteiger partial charge in [0, 0.05) is 10.0 Å². The minimum atomic E-state index is -1.11. The van der Waals surface area contributed by atoms with Crippen LogP contribution in [0.25, 0.3) is 11.1 Å². The van der Waals surface area contributed by atoms with Crippen molar-refractivity contribution >= 4 is 27.9 Å². The van der Waals surface area contributed by atoms with Crippen LogP contribution in [0.2, 0.25) is 0 Å². The molecule has 21 heavy (non-hydrogen) atoms. The van der Waals surface area contributed by atoms with E-state index in [1.54, 1.807) is 0 Å². The summed E-state index contributed by atoms with van der Waals surface area (Å²) in [6.07, 6.45) is 0. The monoisotopic (exact) mass is 342 g/mol. The third-order valence-electron chi connectivity index (χ3n) is 4.12. The molecule has 5 heteroatoms. The number of imide groups is 1. The Kier molecular flexibility index (Phi) is 2.37. The fraction of sp³-hybridized carbons (Fsp3) is 0.125. The van der Waals surface area contributed by atoms with Crippen molar-refractivity contribution in [3.05, 3.63) is 57.6 Å². The Hall–Kier alpha value is -2.14. The van der Waals surface area contributed by atoms with Gasteiger partial charge in [-0.25, -0.2) is 4.79 Å². The molecular weight excluding hydrogens is 332 g/mol. The fourth-order valence-corrected chi connectivity index (χ4v) is 3.61. The highest BCUT2D eigenvalue weighted by Crippen LogP contribution is 2.49. The molecule has 2 aliphatic rings. The number of carbonyl (C=O) groups is 2. The third kappa shape index (κ3) is 1.49. The van der Waals surface area contributed by atoms with E-state index in [1.165, 1.54) is 0 Å². The third-order valence-corrected chi connectivity index (χ3v) is 4.62. The second-order valence-electron chi connectivity index (χ2n) is 5.40. The fourth-order valence-electron chi connectivity index (χ4n) is 3.24. The van der Waals surface area contributed by atoms with Crippen molar-refractivity contribution in [2.75, 3.05) is 0 Å². The zero-order valence-electron chi connectivity index (χ0n) is 11.2. The first-order valence-corrected chi connectivity index (χ1v) is 7.37. The van der Waals surface area contributed by atoms with Crippen LogP contribution in [0, 0.1) is 6.92 Å². The van der Waals surface area contributed by atoms with Crippen LogP contribution in [0.4, 0.5) is 4.79 Å². The molecule has 1 heterocycles. The number of hydrogen-bond donors (Lipinski definition) is 2. The molecule has 0 radical (unpaired) electrons. The smallest absolute Gasteiger partial charge is 0.316 e. The van der Waals surface area contributed by atoms with Crippen LogP contribution in [0.3, 0.4) is 0 Å². The number of halogens is 1. The molecule has 1 spiro atoms. The highest BCUT2D eigenvalue weighted by Gasteiger charge is 2.54. The molecule has 2 aromatic carbocycles. The molecule has 4 rings (SSSR count). The molecule has 1 unspecified atom stereocenters. The Bertz CT molecular complexity index is 778. The van der Waals surface area contributed by atoms with E-state index in [1.807, 2.05) is 43.3 Å². The Morgan fingerprint density at radius 1 is 1.00 bits per heavy atom. The summed E-state index contributed by atoms with van der Waals surface area (Å²) in [6, 6.07) is 11.3. The predicted molar refractivity (Wildman–Crippen MR) is 81.8 cm³/mol. The summed E-state index contributed by atoms with van der Waals surface area (Å²) in [5.74, 6) is -0.323. The standard InChI is InChI=1S/C16H11BrN2O2/c1-8-2-4-10-11-5-3-9(17)7-13(11)16(12(10)6-8)14(20)18-15(21)19-16/h2-7H,1H3,(H2,18,19,20,21). The van der Waals surface area contributed by atoms with E-state index < -0.39 is 11.6 Å². The van der Waals surface area contributed by atoms with Crippen molar-refractivity contribution in [2.24, 2.45) is 0 Å². The van der Waals surface area contributed by atoms with Gasteiger partial charge in [0.1, 0.15) is 0 Å². The van der Waals surface area contributed by atoms with Gasteiger partial charge >= 0.3 is 6.03 Å². The topological polar surface area (TPSA) is 58.2 Å². The van der Waals surface area contributed by atoms with Crippen LogP contribution in [-0.4, -0.2) is 11.9 Å². The number of amides is 3. The average molecular weight is 343 g/mol. The molecule has 0 bridgehead atoms. The molecular formula is C16H11BrN2O2. The lowest BCUT2D eigenvalue weighted by Gasteiger charge is -2.23. The van der Waals surface area contributed by atoms with Crippen LogP contribution < -0.4 is 10.6 Å². The second-order valence-corrected chi connectivity index (χ2v) is 6.31. The van der Waals surface area contributed by atoms with E-state index in [2.05, 4.69) is 26.6 Å². The van der Waals surface area contributed by atoms with Crippen molar-refractivity contribution in [1.82, 2.24) is 10.6 Å². The van der Waals surface area contributed by atoms with Crippen molar-refractivity contribution in [2.45, 2.75) is 12.5 Å². The number of hydrogen-bond acceptors (Lipinski definition) is 2. The van der Waals surface area contributed by atoms with Crippen LogP contribution >= 0.6 is 15.9 Å². The summed E-state index contributed by atoms with van der Waals surface area (Å²) in [4.78, 5) is 24.3. The highest BCUT2D eigenvalue weighted by atomic mass is 79.9. The van der Waals surface area contributed by atoms with Gasteiger partial charge < -0.3 is 5.32 Å². The number of fused-ring (bicyclic) bond motifs is 5. The summed E-state index contributed by atoms with van der Waals surface area (Å²) in [5.41, 5.74) is 3.54. The van der Waals surface area contributed by atoms with Gasteiger partial charge in [-0.15, -0.1) is 0 Å². The number of carbonyl (C=O) groups excluding carboxylic acids is 2. The van der Waals surface area contributed by atoms with E-state index in [0.29, 0.717) is 0 Å². The number of aryl methyl sites for hydroxylation is 1. The molecule has 104 valence electrons. The highest BCUT2D eigenvalue weighted by molar-refractivity contribution is 9.10. The largest absolute Gasteiger partial charge is 0.322 e. The van der Waals surface area contributed by atoms with Crippen molar-refractivity contribution in [1.29, 1.82) is 0 Å². The maximum atomic E-state index is 12.5. The molecule has 2 aromatic rings. The molecule has 1 saturated heterocycles. The van der Waals surface area contributed by atoms with Gasteiger partial charge in [-0.2, -0.15) is 0 Å². The van der Waals surface area contributed by atoms with Gasteiger partial charge in [-0.05, 0) is 35.7 Å². The van der Waals surface area contributed by atoms with Crippen LogP contribution in [0.5, 0.6) is 0 Å². The minimum absolute atomic E-state index is 0.323. The molecule has 2 N–H and O–H groups in total. The van der Waals surface area contributed by atoms with Crippen LogP contribution in [0.15, 0.2) is 40.9 Å². The summed E-state index contributed by atoms with van der Waals surface area (Å²) >= 11 is 3.45. The van der Waals surface area contributed by atoms with E-state index >= 15 is 0 Å². The number of benzene rings is 2. The number of nitrogens with one attached hydrogen (secondary N) is 2.